The summed E-state index contributed by atoms with van der Waals surface area (Å²) in [5, 5.41) is 0.180. The van der Waals surface area contributed by atoms with Gasteiger partial charge in [-0.2, -0.15) is 0 Å². The van der Waals surface area contributed by atoms with Crippen LogP contribution >= 0.6 is 11.8 Å². The second-order valence-corrected chi connectivity index (χ2v) is 14.4. The third-order valence-corrected chi connectivity index (χ3v) is 9.82. The van der Waals surface area contributed by atoms with Crippen LogP contribution in [0.1, 0.15) is 162 Å². The molecule has 0 aliphatic heterocycles. The largest absolute Gasteiger partial charge is 0.461 e. The van der Waals surface area contributed by atoms with Crippen LogP contribution in [0.4, 0.5) is 4.79 Å². The van der Waals surface area contributed by atoms with Crippen LogP contribution in [0.25, 0.3) is 0 Å². The van der Waals surface area contributed by atoms with E-state index >= 15 is 0 Å². The summed E-state index contributed by atoms with van der Waals surface area (Å²) in [7, 11) is 4.10. The molecule has 1 unspecified atom stereocenters. The summed E-state index contributed by atoms with van der Waals surface area (Å²) in [6.07, 6.45) is 31.2. The van der Waals surface area contributed by atoms with E-state index in [1.807, 2.05) is 31.1 Å². The average Bonchev–Trinajstić information content (AvgIpc) is 3.07. The number of amides is 1. The van der Waals surface area contributed by atoms with Crippen LogP contribution < -0.4 is 0 Å². The number of hydrogen-bond donors (Lipinski definition) is 0. The molecule has 0 aromatic heterocycles. The molecule has 0 spiro atoms. The second kappa shape index (κ2) is 35.0. The predicted molar refractivity (Wildman–Crippen MR) is 206 cm³/mol. The zero-order valence-electron chi connectivity index (χ0n) is 31.8. The molecule has 0 heterocycles. The molecule has 0 N–H and O–H groups in total. The van der Waals surface area contributed by atoms with Crippen molar-refractivity contribution in [3.63, 3.8) is 0 Å². The van der Waals surface area contributed by atoms with Crippen LogP contribution in [0.2, 0.25) is 0 Å². The van der Waals surface area contributed by atoms with Crippen molar-refractivity contribution in [1.29, 1.82) is 0 Å². The smallest absolute Gasteiger partial charge is 0.306 e. The lowest BCUT2D eigenvalue weighted by Gasteiger charge is -2.24. The molecule has 7 nitrogen and oxygen atoms in total. The molecule has 0 rings (SSSR count). The number of carbonyl (C=O) groups excluding carboxylic acids is 3. The Morgan fingerprint density at radius 2 is 1.00 bits per heavy atom. The van der Waals surface area contributed by atoms with E-state index in [1.165, 1.54) is 63.1 Å². The van der Waals surface area contributed by atoms with Gasteiger partial charge in [-0.25, -0.2) is 0 Å². The van der Waals surface area contributed by atoms with Crippen LogP contribution in [0.15, 0.2) is 24.3 Å². The van der Waals surface area contributed by atoms with E-state index in [1.54, 1.807) is 0 Å². The maximum absolute atomic E-state index is 13.1. The Morgan fingerprint density at radius 3 is 1.44 bits per heavy atom. The predicted octanol–water partition coefficient (Wildman–Crippen LogP) is 10.9. The molecule has 0 aromatic rings. The van der Waals surface area contributed by atoms with E-state index in [9.17, 15) is 14.4 Å². The number of rotatable bonds is 33. The fourth-order valence-corrected chi connectivity index (χ4v) is 6.15. The summed E-state index contributed by atoms with van der Waals surface area (Å²) in [5.74, 6) is 0.572. The highest BCUT2D eigenvalue weighted by atomic mass is 32.2. The number of thioether (sulfide) groups is 1. The molecule has 0 bridgehead atoms. The Bertz CT molecular complexity index is 780. The first-order chi connectivity index (χ1) is 23.3. The molecule has 0 saturated heterocycles. The van der Waals surface area contributed by atoms with E-state index in [0.717, 1.165) is 95.9 Å². The van der Waals surface area contributed by atoms with Gasteiger partial charge in [0.15, 0.2) is 0 Å². The normalized spacial score (nSPS) is 12.3. The van der Waals surface area contributed by atoms with E-state index in [0.29, 0.717) is 32.1 Å². The van der Waals surface area contributed by atoms with Crippen LogP contribution in [0.5, 0.6) is 0 Å². The standard InChI is InChI=1S/C40H74N2O5S/c1-6-8-10-12-14-22-28-34-46-38(43)30-24-18-16-20-26-32-42(40(45)48-36-37(3)41(4)5)33-27-21-17-19-25-31-39(44)47-35-29-23-15-13-11-9-7-2/h22-23,28-29,37H,6-21,24-27,30-36H2,1-5H3. The van der Waals surface area contributed by atoms with Gasteiger partial charge in [-0.15, -0.1) is 0 Å². The summed E-state index contributed by atoms with van der Waals surface area (Å²) in [5.41, 5.74) is 0. The number of unbranched alkanes of at least 4 members (excludes halogenated alkanes) is 16. The summed E-state index contributed by atoms with van der Waals surface area (Å²) in [4.78, 5) is 41.3. The molecule has 8 heteroatoms. The van der Waals surface area contributed by atoms with Crippen molar-refractivity contribution < 1.29 is 23.9 Å². The lowest BCUT2D eigenvalue weighted by atomic mass is 10.1. The number of ether oxygens (including phenoxy) is 2. The molecule has 280 valence electrons. The van der Waals surface area contributed by atoms with Crippen LogP contribution in [0.3, 0.4) is 0 Å². The highest BCUT2D eigenvalue weighted by Gasteiger charge is 2.16. The monoisotopic (exact) mass is 695 g/mol. The van der Waals surface area contributed by atoms with Crippen molar-refractivity contribution in [3.8, 4) is 0 Å². The summed E-state index contributed by atoms with van der Waals surface area (Å²) >= 11 is 1.43. The van der Waals surface area contributed by atoms with Crippen molar-refractivity contribution in [2.75, 3.05) is 46.2 Å². The Morgan fingerprint density at radius 1 is 0.583 bits per heavy atom. The first-order valence-electron chi connectivity index (χ1n) is 19.5. The third-order valence-electron chi connectivity index (χ3n) is 8.67. The second-order valence-electron chi connectivity index (χ2n) is 13.4. The SMILES string of the molecule is CCCCCCC=CCOC(=O)CCCCCCCN(CCCCCCCC(=O)OCC=CCCCCCC)C(=O)SCC(C)N(C)C. The van der Waals surface area contributed by atoms with Gasteiger partial charge in [-0.05, 0) is 72.4 Å². The number of carbonyl (C=O) groups is 3. The zero-order chi connectivity index (χ0) is 35.5. The molecular weight excluding hydrogens is 621 g/mol. The summed E-state index contributed by atoms with van der Waals surface area (Å²) in [6.45, 7) is 8.92. The van der Waals surface area contributed by atoms with Crippen LogP contribution in [-0.4, -0.2) is 79.2 Å². The Labute approximate surface area is 300 Å². The molecule has 0 saturated carbocycles. The number of nitrogens with zero attached hydrogens (tertiary/aromatic N) is 2. The maximum atomic E-state index is 13.1. The van der Waals surface area contributed by atoms with Crippen molar-refractivity contribution in [2.24, 2.45) is 0 Å². The Kier molecular flexibility index (Phi) is 33.7. The average molecular weight is 695 g/mol. The Hall–Kier alpha value is -1.80. The van der Waals surface area contributed by atoms with Crippen molar-refractivity contribution in [2.45, 2.75) is 168 Å². The molecule has 0 fully saturated rings. The van der Waals surface area contributed by atoms with E-state index in [4.69, 9.17) is 9.47 Å². The first-order valence-corrected chi connectivity index (χ1v) is 20.5. The van der Waals surface area contributed by atoms with Gasteiger partial charge >= 0.3 is 11.9 Å². The molecule has 1 amide bonds. The maximum Gasteiger partial charge on any atom is 0.306 e. The molecular formula is C40H74N2O5S. The zero-order valence-corrected chi connectivity index (χ0v) is 32.6. The molecule has 0 aliphatic rings. The minimum Gasteiger partial charge on any atom is -0.461 e. The number of esters is 2. The van der Waals surface area contributed by atoms with Gasteiger partial charge in [0.2, 0.25) is 0 Å². The number of hydrogen-bond acceptors (Lipinski definition) is 7. The summed E-state index contributed by atoms with van der Waals surface area (Å²) < 4.78 is 10.6. The topological polar surface area (TPSA) is 76.1 Å². The summed E-state index contributed by atoms with van der Waals surface area (Å²) in [6, 6.07) is 0.345. The molecule has 0 radical (unpaired) electrons. The highest BCUT2D eigenvalue weighted by molar-refractivity contribution is 8.13. The fourth-order valence-electron chi connectivity index (χ4n) is 5.11. The molecule has 48 heavy (non-hydrogen) atoms. The van der Waals surface area contributed by atoms with Crippen LogP contribution in [0, 0.1) is 0 Å². The van der Waals surface area contributed by atoms with Gasteiger partial charge in [0.05, 0.1) is 0 Å². The third kappa shape index (κ3) is 31.5. The van der Waals surface area contributed by atoms with Crippen molar-refractivity contribution in [1.82, 2.24) is 9.80 Å². The van der Waals surface area contributed by atoms with Gasteiger partial charge in [-0.1, -0.05) is 127 Å². The van der Waals surface area contributed by atoms with Crippen molar-refractivity contribution >= 4 is 28.9 Å². The lowest BCUT2D eigenvalue weighted by molar-refractivity contribution is -0.143. The molecule has 0 aliphatic carbocycles. The van der Waals surface area contributed by atoms with Gasteiger partial charge in [0.25, 0.3) is 5.24 Å². The minimum atomic E-state index is -0.109. The van der Waals surface area contributed by atoms with E-state index in [2.05, 4.69) is 37.8 Å². The molecule has 0 aromatic carbocycles. The quantitative estimate of drug-likeness (QED) is 0.0384. The van der Waals surface area contributed by atoms with Gasteiger partial charge < -0.3 is 19.3 Å². The van der Waals surface area contributed by atoms with E-state index in [-0.39, 0.29) is 17.2 Å². The fraction of sp³-hybridized carbons (Fsp3) is 0.825. The lowest BCUT2D eigenvalue weighted by Crippen LogP contribution is -2.32. The Balaban J connectivity index is 4.16. The van der Waals surface area contributed by atoms with Crippen molar-refractivity contribution in [3.05, 3.63) is 24.3 Å². The minimum absolute atomic E-state index is 0.109. The highest BCUT2D eigenvalue weighted by Crippen LogP contribution is 2.16. The van der Waals surface area contributed by atoms with Gasteiger partial charge in [0.1, 0.15) is 13.2 Å². The van der Waals surface area contributed by atoms with Gasteiger partial charge in [-0.3, -0.25) is 14.4 Å². The van der Waals surface area contributed by atoms with E-state index < -0.39 is 0 Å². The molecule has 1 atom stereocenters. The first kappa shape index (κ1) is 46.2. The van der Waals surface area contributed by atoms with Gasteiger partial charge in [0, 0.05) is 37.7 Å². The number of allylic oxidation sites excluding steroid dienone is 2. The van der Waals surface area contributed by atoms with Crippen LogP contribution in [-0.2, 0) is 19.1 Å².